The zero-order chi connectivity index (χ0) is 24.5. The maximum atomic E-state index is 12.5. The number of thiophene rings is 1. The van der Waals surface area contributed by atoms with Gasteiger partial charge in [-0.2, -0.15) is 0 Å². The van der Waals surface area contributed by atoms with E-state index in [0.29, 0.717) is 23.0 Å². The molecule has 3 amide bonds. The van der Waals surface area contributed by atoms with E-state index in [-0.39, 0.29) is 13.2 Å². The SMILES string of the molecule is CCOC(=O)c1c(NC(=O)COC(=O)CNC(=O)NCc2ccccc2)sc2c1CCC(C)C2. The molecule has 0 bridgehead atoms. The molecule has 0 spiro atoms. The molecule has 0 radical (unpaired) electrons. The lowest BCUT2D eigenvalue weighted by molar-refractivity contribution is -0.146. The van der Waals surface area contributed by atoms with Crippen molar-refractivity contribution in [2.24, 2.45) is 5.92 Å². The van der Waals surface area contributed by atoms with Crippen LogP contribution in [-0.2, 0) is 38.4 Å². The predicted octanol–water partition coefficient (Wildman–Crippen LogP) is 3.03. The zero-order valence-corrected chi connectivity index (χ0v) is 20.1. The predicted molar refractivity (Wildman–Crippen MR) is 128 cm³/mol. The molecule has 182 valence electrons. The third-order valence-corrected chi connectivity index (χ3v) is 6.47. The van der Waals surface area contributed by atoms with Crippen LogP contribution < -0.4 is 16.0 Å². The van der Waals surface area contributed by atoms with Crippen LogP contribution in [0.15, 0.2) is 30.3 Å². The summed E-state index contributed by atoms with van der Waals surface area (Å²) in [7, 11) is 0. The number of fused-ring (bicyclic) bond motifs is 1. The number of anilines is 1. The number of rotatable bonds is 9. The van der Waals surface area contributed by atoms with Gasteiger partial charge in [-0.3, -0.25) is 9.59 Å². The average Bonchev–Trinajstić information content (AvgIpc) is 3.17. The van der Waals surface area contributed by atoms with Crippen LogP contribution in [0.2, 0.25) is 0 Å². The number of ether oxygens (including phenoxy) is 2. The highest BCUT2D eigenvalue weighted by Gasteiger charge is 2.29. The summed E-state index contributed by atoms with van der Waals surface area (Å²) in [5.41, 5.74) is 2.24. The third kappa shape index (κ3) is 7.05. The molecule has 0 saturated carbocycles. The van der Waals surface area contributed by atoms with Gasteiger partial charge >= 0.3 is 18.0 Å². The molecule has 10 heteroatoms. The number of urea groups is 1. The Hall–Kier alpha value is -3.40. The number of amides is 3. The van der Waals surface area contributed by atoms with Gasteiger partial charge in [0, 0.05) is 11.4 Å². The summed E-state index contributed by atoms with van der Waals surface area (Å²) in [5, 5.41) is 8.11. The van der Waals surface area contributed by atoms with E-state index in [9.17, 15) is 19.2 Å². The molecule has 1 aliphatic rings. The van der Waals surface area contributed by atoms with Gasteiger partial charge < -0.3 is 25.4 Å². The Morgan fingerprint density at radius 2 is 1.85 bits per heavy atom. The van der Waals surface area contributed by atoms with Crippen LogP contribution in [0, 0.1) is 5.92 Å². The summed E-state index contributed by atoms with van der Waals surface area (Å²) >= 11 is 1.36. The van der Waals surface area contributed by atoms with E-state index in [1.165, 1.54) is 11.3 Å². The molecule has 1 heterocycles. The molecule has 0 saturated heterocycles. The summed E-state index contributed by atoms with van der Waals surface area (Å²) < 4.78 is 10.1. The number of carbonyl (C=O) groups is 4. The summed E-state index contributed by atoms with van der Waals surface area (Å²) in [5.74, 6) is -1.29. The Bertz CT molecular complexity index is 1040. The number of hydrogen-bond acceptors (Lipinski definition) is 7. The van der Waals surface area contributed by atoms with Crippen LogP contribution in [0.1, 0.15) is 46.6 Å². The van der Waals surface area contributed by atoms with E-state index in [1.807, 2.05) is 30.3 Å². The van der Waals surface area contributed by atoms with Crippen LogP contribution in [0.5, 0.6) is 0 Å². The number of esters is 2. The van der Waals surface area contributed by atoms with Gasteiger partial charge in [-0.05, 0) is 43.2 Å². The lowest BCUT2D eigenvalue weighted by Crippen LogP contribution is -2.39. The monoisotopic (exact) mass is 487 g/mol. The third-order valence-electron chi connectivity index (χ3n) is 5.30. The molecule has 9 nitrogen and oxygen atoms in total. The van der Waals surface area contributed by atoms with Gasteiger partial charge in [0.05, 0.1) is 12.2 Å². The van der Waals surface area contributed by atoms with E-state index in [0.717, 1.165) is 35.3 Å². The molecule has 3 rings (SSSR count). The van der Waals surface area contributed by atoms with Gasteiger partial charge in [-0.25, -0.2) is 9.59 Å². The van der Waals surface area contributed by atoms with Gasteiger partial charge in [0.15, 0.2) is 6.61 Å². The largest absolute Gasteiger partial charge is 0.462 e. The summed E-state index contributed by atoms with van der Waals surface area (Å²) in [4.78, 5) is 49.7. The molecule has 2 aromatic rings. The first kappa shape index (κ1) is 25.2. The van der Waals surface area contributed by atoms with Gasteiger partial charge in [-0.1, -0.05) is 37.3 Å². The number of carbonyl (C=O) groups excluding carboxylic acids is 4. The topological polar surface area (TPSA) is 123 Å². The van der Waals surface area contributed by atoms with Crippen LogP contribution in [0.4, 0.5) is 9.80 Å². The molecule has 1 atom stereocenters. The molecule has 1 aromatic heterocycles. The standard InChI is InChI=1S/C24H29N3O6S/c1-3-32-23(30)21-17-10-9-15(2)11-18(17)34-22(21)27-19(28)14-33-20(29)13-26-24(31)25-12-16-7-5-4-6-8-16/h4-8,15H,3,9-14H2,1-2H3,(H,27,28)(H2,25,26,31). The molecule has 3 N–H and O–H groups in total. The first-order valence-corrected chi connectivity index (χ1v) is 12.0. The number of benzene rings is 1. The second-order valence-corrected chi connectivity index (χ2v) is 9.11. The quantitative estimate of drug-likeness (QED) is 0.467. The fraction of sp³-hybridized carbons (Fsp3) is 0.417. The fourth-order valence-electron chi connectivity index (χ4n) is 3.61. The maximum Gasteiger partial charge on any atom is 0.341 e. The highest BCUT2D eigenvalue weighted by atomic mass is 32.1. The Kier molecular flexibility index (Phi) is 9.03. The number of nitrogens with one attached hydrogen (secondary N) is 3. The molecule has 0 fully saturated rings. The lowest BCUT2D eigenvalue weighted by atomic mass is 9.88. The number of hydrogen-bond donors (Lipinski definition) is 3. The van der Waals surface area contributed by atoms with Gasteiger partial charge in [0.1, 0.15) is 11.5 Å². The molecule has 1 unspecified atom stereocenters. The summed E-state index contributed by atoms with van der Waals surface area (Å²) in [6, 6.07) is 8.80. The lowest BCUT2D eigenvalue weighted by Gasteiger charge is -2.18. The van der Waals surface area contributed by atoms with Crippen molar-refractivity contribution < 1.29 is 28.7 Å². The summed E-state index contributed by atoms with van der Waals surface area (Å²) in [6.07, 6.45) is 2.56. The average molecular weight is 488 g/mol. The van der Waals surface area contributed by atoms with E-state index in [1.54, 1.807) is 6.92 Å². The van der Waals surface area contributed by atoms with Crippen LogP contribution >= 0.6 is 11.3 Å². The summed E-state index contributed by atoms with van der Waals surface area (Å²) in [6.45, 7) is 3.51. The van der Waals surface area contributed by atoms with E-state index in [2.05, 4.69) is 22.9 Å². The second-order valence-electron chi connectivity index (χ2n) is 8.01. The molecule has 1 aliphatic carbocycles. The molecule has 1 aromatic carbocycles. The van der Waals surface area contributed by atoms with Crippen LogP contribution in [-0.4, -0.2) is 43.6 Å². The highest BCUT2D eigenvalue weighted by Crippen LogP contribution is 2.40. The Balaban J connectivity index is 1.47. The van der Waals surface area contributed by atoms with Crippen molar-refractivity contribution in [1.82, 2.24) is 10.6 Å². The first-order valence-electron chi connectivity index (χ1n) is 11.2. The Morgan fingerprint density at radius 3 is 2.59 bits per heavy atom. The normalized spacial score (nSPS) is 14.5. The second kappa shape index (κ2) is 12.2. The van der Waals surface area contributed by atoms with Gasteiger partial charge in [0.25, 0.3) is 5.91 Å². The molecule has 0 aliphatic heterocycles. The fourth-order valence-corrected chi connectivity index (χ4v) is 5.03. The Labute approximate surface area is 202 Å². The van der Waals surface area contributed by atoms with Gasteiger partial charge in [0.2, 0.25) is 0 Å². The van der Waals surface area contributed by atoms with Gasteiger partial charge in [-0.15, -0.1) is 11.3 Å². The zero-order valence-electron chi connectivity index (χ0n) is 19.3. The minimum Gasteiger partial charge on any atom is -0.462 e. The minimum absolute atomic E-state index is 0.233. The van der Waals surface area contributed by atoms with E-state index in [4.69, 9.17) is 9.47 Å². The maximum absolute atomic E-state index is 12.5. The van der Waals surface area contributed by atoms with Crippen molar-refractivity contribution in [3.63, 3.8) is 0 Å². The van der Waals surface area contributed by atoms with Crippen LogP contribution in [0.25, 0.3) is 0 Å². The molecule has 34 heavy (non-hydrogen) atoms. The van der Waals surface area contributed by atoms with Crippen molar-refractivity contribution in [2.75, 3.05) is 25.1 Å². The minimum atomic E-state index is -0.755. The van der Waals surface area contributed by atoms with E-state index < -0.39 is 30.5 Å². The smallest absolute Gasteiger partial charge is 0.341 e. The van der Waals surface area contributed by atoms with E-state index >= 15 is 0 Å². The van der Waals surface area contributed by atoms with Crippen molar-refractivity contribution >= 4 is 40.2 Å². The van der Waals surface area contributed by atoms with Crippen molar-refractivity contribution in [3.8, 4) is 0 Å². The van der Waals surface area contributed by atoms with Crippen LogP contribution in [0.3, 0.4) is 0 Å². The molecular formula is C24H29N3O6S. The highest BCUT2D eigenvalue weighted by molar-refractivity contribution is 7.17. The Morgan fingerprint density at radius 1 is 1.09 bits per heavy atom. The van der Waals surface area contributed by atoms with Crippen molar-refractivity contribution in [1.29, 1.82) is 0 Å². The molecular weight excluding hydrogens is 458 g/mol. The first-order chi connectivity index (χ1) is 16.4. The van der Waals surface area contributed by atoms with Crippen molar-refractivity contribution in [3.05, 3.63) is 51.9 Å². The van der Waals surface area contributed by atoms with Crippen molar-refractivity contribution in [2.45, 2.75) is 39.7 Å².